The Bertz CT molecular complexity index is 253. The van der Waals surface area contributed by atoms with E-state index in [2.05, 4.69) is 12.2 Å². The second-order valence-corrected chi connectivity index (χ2v) is 5.00. The summed E-state index contributed by atoms with van der Waals surface area (Å²) < 4.78 is 5.08. The lowest BCUT2D eigenvalue weighted by atomic mass is 9.96. The summed E-state index contributed by atoms with van der Waals surface area (Å²) in [5.74, 6) is 0.978. The van der Waals surface area contributed by atoms with Gasteiger partial charge in [-0.3, -0.25) is 4.79 Å². The number of nitrogens with zero attached hydrogens (tertiary/aromatic N) is 1. The van der Waals surface area contributed by atoms with Gasteiger partial charge in [0.15, 0.2) is 0 Å². The fraction of sp³-hybridized carbons (Fsp3) is 0.917. The van der Waals surface area contributed by atoms with Gasteiger partial charge in [-0.05, 0) is 25.3 Å². The van der Waals surface area contributed by atoms with Gasteiger partial charge in [0.2, 0.25) is 5.91 Å². The van der Waals surface area contributed by atoms with Crippen molar-refractivity contribution in [2.45, 2.75) is 25.8 Å². The molecule has 2 unspecified atom stereocenters. The van der Waals surface area contributed by atoms with Crippen molar-refractivity contribution >= 4 is 5.91 Å². The molecule has 4 heteroatoms. The number of methoxy groups -OCH3 is 1. The molecule has 0 bridgehead atoms. The molecule has 0 aromatic heterocycles. The molecule has 0 radical (unpaired) electrons. The first-order valence-corrected chi connectivity index (χ1v) is 6.24. The largest absolute Gasteiger partial charge is 0.383 e. The Balaban J connectivity index is 1.93. The number of amides is 1. The third-order valence-electron chi connectivity index (χ3n) is 3.64. The molecule has 1 saturated heterocycles. The molecule has 4 nitrogen and oxygen atoms in total. The summed E-state index contributed by atoms with van der Waals surface area (Å²) in [6.07, 6.45) is 2.34. The quantitative estimate of drug-likeness (QED) is 0.741. The third-order valence-corrected chi connectivity index (χ3v) is 3.64. The molecular weight excluding hydrogens is 204 g/mol. The van der Waals surface area contributed by atoms with Gasteiger partial charge in [0.25, 0.3) is 0 Å². The number of rotatable bonds is 5. The van der Waals surface area contributed by atoms with Crippen molar-refractivity contribution < 1.29 is 9.53 Å². The summed E-state index contributed by atoms with van der Waals surface area (Å²) >= 11 is 0. The zero-order valence-corrected chi connectivity index (χ0v) is 10.2. The molecule has 1 N–H and O–H groups in total. The molecule has 16 heavy (non-hydrogen) atoms. The van der Waals surface area contributed by atoms with E-state index in [0.717, 1.165) is 19.6 Å². The zero-order valence-electron chi connectivity index (χ0n) is 10.2. The van der Waals surface area contributed by atoms with Gasteiger partial charge in [-0.25, -0.2) is 0 Å². The smallest absolute Gasteiger partial charge is 0.227 e. The van der Waals surface area contributed by atoms with E-state index in [1.165, 1.54) is 12.8 Å². The summed E-state index contributed by atoms with van der Waals surface area (Å²) in [5.41, 5.74) is 0. The highest BCUT2D eigenvalue weighted by Gasteiger charge is 2.38. The van der Waals surface area contributed by atoms with Crippen LogP contribution < -0.4 is 5.32 Å². The highest BCUT2D eigenvalue weighted by atomic mass is 16.5. The minimum Gasteiger partial charge on any atom is -0.383 e. The maximum Gasteiger partial charge on any atom is 0.227 e. The van der Waals surface area contributed by atoms with Gasteiger partial charge in [0.1, 0.15) is 0 Å². The molecule has 1 aliphatic heterocycles. The predicted octanol–water partition coefficient (Wildman–Crippen LogP) is 0.479. The van der Waals surface area contributed by atoms with Gasteiger partial charge < -0.3 is 15.0 Å². The molecule has 1 aliphatic carbocycles. The molecule has 0 aromatic carbocycles. The van der Waals surface area contributed by atoms with E-state index in [0.29, 0.717) is 24.5 Å². The Morgan fingerprint density at radius 1 is 1.44 bits per heavy atom. The Kier molecular flexibility index (Phi) is 3.82. The van der Waals surface area contributed by atoms with Gasteiger partial charge >= 0.3 is 0 Å². The fourth-order valence-electron chi connectivity index (χ4n) is 2.40. The summed E-state index contributed by atoms with van der Waals surface area (Å²) in [6, 6.07) is 0.496. The third kappa shape index (κ3) is 2.55. The fourth-order valence-corrected chi connectivity index (χ4v) is 2.40. The van der Waals surface area contributed by atoms with Crippen molar-refractivity contribution in [2.24, 2.45) is 11.8 Å². The van der Waals surface area contributed by atoms with Crippen molar-refractivity contribution in [2.75, 3.05) is 33.4 Å². The molecule has 1 saturated carbocycles. The average Bonchev–Trinajstić information content (AvgIpc) is 3.01. The Morgan fingerprint density at radius 2 is 2.19 bits per heavy atom. The zero-order chi connectivity index (χ0) is 11.5. The van der Waals surface area contributed by atoms with Crippen molar-refractivity contribution in [3.05, 3.63) is 0 Å². The lowest BCUT2D eigenvalue weighted by Gasteiger charge is -2.26. The first-order valence-electron chi connectivity index (χ1n) is 6.24. The van der Waals surface area contributed by atoms with Crippen LogP contribution in [0.3, 0.4) is 0 Å². The van der Waals surface area contributed by atoms with Crippen LogP contribution in [0.25, 0.3) is 0 Å². The van der Waals surface area contributed by atoms with Crippen molar-refractivity contribution in [3.63, 3.8) is 0 Å². The van der Waals surface area contributed by atoms with E-state index in [9.17, 15) is 4.79 Å². The maximum atomic E-state index is 12.4. The predicted molar refractivity (Wildman–Crippen MR) is 62.1 cm³/mol. The lowest BCUT2D eigenvalue weighted by Crippen LogP contribution is -2.42. The second kappa shape index (κ2) is 5.15. The molecule has 92 valence electrons. The Hall–Kier alpha value is -0.610. The summed E-state index contributed by atoms with van der Waals surface area (Å²) in [7, 11) is 1.69. The van der Waals surface area contributed by atoms with Crippen LogP contribution in [0.5, 0.6) is 0 Å². The molecular formula is C12H22N2O2. The van der Waals surface area contributed by atoms with E-state index in [1.54, 1.807) is 7.11 Å². The lowest BCUT2D eigenvalue weighted by molar-refractivity contribution is -0.137. The van der Waals surface area contributed by atoms with E-state index in [-0.39, 0.29) is 5.92 Å². The average molecular weight is 226 g/mol. The highest BCUT2D eigenvalue weighted by molar-refractivity contribution is 5.80. The van der Waals surface area contributed by atoms with Gasteiger partial charge in [-0.2, -0.15) is 0 Å². The maximum absolute atomic E-state index is 12.4. The van der Waals surface area contributed by atoms with Crippen LogP contribution >= 0.6 is 0 Å². The minimum atomic E-state index is 0.178. The molecule has 0 spiro atoms. The Labute approximate surface area is 97.3 Å². The molecule has 0 aromatic rings. The summed E-state index contributed by atoms with van der Waals surface area (Å²) in [6.45, 7) is 5.37. The van der Waals surface area contributed by atoms with Crippen LogP contribution in [0.15, 0.2) is 0 Å². The monoisotopic (exact) mass is 226 g/mol. The first-order chi connectivity index (χ1) is 7.74. The van der Waals surface area contributed by atoms with Crippen LogP contribution in [-0.4, -0.2) is 50.2 Å². The van der Waals surface area contributed by atoms with Gasteiger partial charge in [0, 0.05) is 26.2 Å². The van der Waals surface area contributed by atoms with E-state index < -0.39 is 0 Å². The number of hydrogen-bond donors (Lipinski definition) is 1. The van der Waals surface area contributed by atoms with Crippen molar-refractivity contribution in [1.29, 1.82) is 0 Å². The number of ether oxygens (including phenoxy) is 1. The van der Waals surface area contributed by atoms with Crippen LogP contribution in [0.1, 0.15) is 19.8 Å². The minimum absolute atomic E-state index is 0.178. The highest BCUT2D eigenvalue weighted by Crippen LogP contribution is 2.30. The van der Waals surface area contributed by atoms with Gasteiger partial charge in [0.05, 0.1) is 12.5 Å². The van der Waals surface area contributed by atoms with Crippen LogP contribution in [0, 0.1) is 11.8 Å². The molecule has 2 rings (SSSR count). The number of carbonyl (C=O) groups excluding carboxylic acids is 1. The molecule has 2 aliphatic rings. The SMILES string of the molecule is COCCN(C(=O)C1CNCC1C)C1CC1. The van der Waals surface area contributed by atoms with Crippen LogP contribution in [-0.2, 0) is 9.53 Å². The topological polar surface area (TPSA) is 41.6 Å². The standard InChI is InChI=1S/C12H22N2O2/c1-9-7-13-8-11(9)12(15)14(5-6-16-2)10-3-4-10/h9-11,13H,3-8H2,1-2H3. The molecule has 1 heterocycles. The number of hydrogen-bond acceptors (Lipinski definition) is 3. The van der Waals surface area contributed by atoms with Crippen molar-refractivity contribution in [3.8, 4) is 0 Å². The van der Waals surface area contributed by atoms with Gasteiger partial charge in [-0.1, -0.05) is 6.92 Å². The summed E-state index contributed by atoms with van der Waals surface area (Å²) in [4.78, 5) is 14.4. The van der Waals surface area contributed by atoms with Gasteiger partial charge in [-0.15, -0.1) is 0 Å². The molecule has 2 fully saturated rings. The number of carbonyl (C=O) groups is 1. The molecule has 2 atom stereocenters. The number of nitrogens with one attached hydrogen (secondary N) is 1. The second-order valence-electron chi connectivity index (χ2n) is 5.00. The van der Waals surface area contributed by atoms with Crippen LogP contribution in [0.2, 0.25) is 0 Å². The summed E-state index contributed by atoms with van der Waals surface area (Å²) in [5, 5.41) is 3.29. The first kappa shape index (κ1) is 11.9. The van der Waals surface area contributed by atoms with E-state index in [1.807, 2.05) is 4.90 Å². The van der Waals surface area contributed by atoms with E-state index >= 15 is 0 Å². The van der Waals surface area contributed by atoms with Crippen molar-refractivity contribution in [1.82, 2.24) is 10.2 Å². The Morgan fingerprint density at radius 3 is 2.69 bits per heavy atom. The van der Waals surface area contributed by atoms with E-state index in [4.69, 9.17) is 4.74 Å². The normalized spacial score (nSPS) is 29.4. The van der Waals surface area contributed by atoms with Crippen LogP contribution in [0.4, 0.5) is 0 Å². The molecule has 1 amide bonds.